The van der Waals surface area contributed by atoms with Gasteiger partial charge in [0, 0.05) is 18.8 Å². The summed E-state index contributed by atoms with van der Waals surface area (Å²) in [6.45, 7) is 10.6. The Labute approximate surface area is 122 Å². The minimum absolute atomic E-state index is 0.356. The predicted octanol–water partition coefficient (Wildman–Crippen LogP) is 3.41. The molecule has 0 saturated carbocycles. The van der Waals surface area contributed by atoms with Crippen molar-refractivity contribution in [3.05, 3.63) is 52.8 Å². The van der Waals surface area contributed by atoms with Gasteiger partial charge in [-0.1, -0.05) is 25.1 Å². The molecule has 1 atom stereocenters. The maximum Gasteiger partial charge on any atom is 0.0522 e. The summed E-state index contributed by atoms with van der Waals surface area (Å²) < 4.78 is 1.99. The van der Waals surface area contributed by atoms with Crippen LogP contribution in [0.4, 0.5) is 0 Å². The number of likely N-dealkylation sites (N-methyl/N-ethyl adjacent to an activating group) is 1. The summed E-state index contributed by atoms with van der Waals surface area (Å²) in [4.78, 5) is 0. The Bertz CT molecular complexity index is 557. The van der Waals surface area contributed by atoms with E-state index < -0.39 is 0 Å². The first-order chi connectivity index (χ1) is 9.65. The number of aromatic nitrogens is 2. The molecule has 1 unspecified atom stereocenters. The lowest BCUT2D eigenvalue weighted by molar-refractivity contribution is 0.546. The highest BCUT2D eigenvalue weighted by molar-refractivity contribution is 5.36. The topological polar surface area (TPSA) is 29.9 Å². The number of hydrogen-bond donors (Lipinski definition) is 1. The third-order valence-electron chi connectivity index (χ3n) is 3.92. The second kappa shape index (κ2) is 6.71. The van der Waals surface area contributed by atoms with E-state index >= 15 is 0 Å². The molecule has 2 rings (SSSR count). The van der Waals surface area contributed by atoms with Gasteiger partial charge in [0.2, 0.25) is 0 Å². The van der Waals surface area contributed by atoms with Gasteiger partial charge in [-0.05, 0) is 56.0 Å². The molecule has 3 nitrogen and oxygen atoms in total. The maximum absolute atomic E-state index is 4.37. The van der Waals surface area contributed by atoms with E-state index in [1.165, 1.54) is 22.3 Å². The lowest BCUT2D eigenvalue weighted by Crippen LogP contribution is -2.23. The summed E-state index contributed by atoms with van der Waals surface area (Å²) in [5, 5.41) is 7.98. The average molecular weight is 271 g/mol. The maximum atomic E-state index is 4.37. The first-order valence-electron chi connectivity index (χ1n) is 7.46. The van der Waals surface area contributed by atoms with Gasteiger partial charge in [-0.25, -0.2) is 0 Å². The fourth-order valence-electron chi connectivity index (χ4n) is 2.61. The van der Waals surface area contributed by atoms with Gasteiger partial charge in [0.1, 0.15) is 0 Å². The van der Waals surface area contributed by atoms with Crippen molar-refractivity contribution >= 4 is 0 Å². The van der Waals surface area contributed by atoms with Crippen LogP contribution in [0.25, 0.3) is 0 Å². The Morgan fingerprint density at radius 1 is 1.25 bits per heavy atom. The van der Waals surface area contributed by atoms with Gasteiger partial charge < -0.3 is 5.32 Å². The molecule has 1 aromatic heterocycles. The van der Waals surface area contributed by atoms with Crippen LogP contribution in [0.1, 0.15) is 42.1 Å². The quantitative estimate of drug-likeness (QED) is 0.872. The van der Waals surface area contributed by atoms with Crippen molar-refractivity contribution < 1.29 is 0 Å². The summed E-state index contributed by atoms with van der Waals surface area (Å²) in [5.74, 6) is 0. The number of rotatable bonds is 6. The minimum Gasteiger partial charge on any atom is -0.310 e. The highest BCUT2D eigenvalue weighted by atomic mass is 15.3. The molecule has 0 spiro atoms. The van der Waals surface area contributed by atoms with Gasteiger partial charge in [-0.2, -0.15) is 5.10 Å². The molecule has 0 bridgehead atoms. The van der Waals surface area contributed by atoms with E-state index in [4.69, 9.17) is 0 Å². The van der Waals surface area contributed by atoms with Crippen molar-refractivity contribution in [3.63, 3.8) is 0 Å². The molecule has 1 heterocycles. The Morgan fingerprint density at radius 2 is 2.05 bits per heavy atom. The number of nitrogens with one attached hydrogen (secondary N) is 1. The molecule has 0 saturated heterocycles. The summed E-state index contributed by atoms with van der Waals surface area (Å²) in [7, 11) is 0. The standard InChI is InChI=1S/C17H25N3/c1-5-18-17(10-15-11-19-20(6-2)12-15)16-9-7-8-13(3)14(16)4/h7-9,11-12,17-18H,5-6,10H2,1-4H3. The van der Waals surface area contributed by atoms with Crippen LogP contribution in [0.3, 0.4) is 0 Å². The Hall–Kier alpha value is -1.61. The van der Waals surface area contributed by atoms with Crippen LogP contribution in [0.5, 0.6) is 0 Å². The van der Waals surface area contributed by atoms with Crippen molar-refractivity contribution in [2.75, 3.05) is 6.54 Å². The molecular formula is C17H25N3. The van der Waals surface area contributed by atoms with Crippen LogP contribution in [-0.2, 0) is 13.0 Å². The van der Waals surface area contributed by atoms with E-state index in [1.807, 2.05) is 10.9 Å². The third kappa shape index (κ3) is 3.28. The summed E-state index contributed by atoms with van der Waals surface area (Å²) in [5.41, 5.74) is 5.44. The summed E-state index contributed by atoms with van der Waals surface area (Å²) in [6.07, 6.45) is 5.12. The molecule has 2 aromatic rings. The molecule has 20 heavy (non-hydrogen) atoms. The minimum atomic E-state index is 0.356. The van der Waals surface area contributed by atoms with Crippen LogP contribution >= 0.6 is 0 Å². The van der Waals surface area contributed by atoms with Gasteiger partial charge in [0.25, 0.3) is 0 Å². The molecule has 0 aliphatic rings. The van der Waals surface area contributed by atoms with E-state index in [9.17, 15) is 0 Å². The molecule has 108 valence electrons. The normalized spacial score (nSPS) is 12.6. The fourth-order valence-corrected chi connectivity index (χ4v) is 2.61. The van der Waals surface area contributed by atoms with Crippen LogP contribution in [-0.4, -0.2) is 16.3 Å². The first-order valence-corrected chi connectivity index (χ1v) is 7.46. The largest absolute Gasteiger partial charge is 0.310 e. The van der Waals surface area contributed by atoms with Crippen molar-refractivity contribution in [2.24, 2.45) is 0 Å². The van der Waals surface area contributed by atoms with Crippen molar-refractivity contribution in [2.45, 2.75) is 46.7 Å². The highest BCUT2D eigenvalue weighted by Crippen LogP contribution is 2.23. The van der Waals surface area contributed by atoms with E-state index in [0.717, 1.165) is 19.5 Å². The third-order valence-corrected chi connectivity index (χ3v) is 3.92. The lowest BCUT2D eigenvalue weighted by Gasteiger charge is -2.21. The molecule has 3 heteroatoms. The number of aryl methyl sites for hydroxylation is 2. The Kier molecular flexibility index (Phi) is 4.96. The second-order valence-corrected chi connectivity index (χ2v) is 5.31. The molecule has 1 N–H and O–H groups in total. The van der Waals surface area contributed by atoms with Crippen molar-refractivity contribution in [3.8, 4) is 0 Å². The molecule has 0 amide bonds. The predicted molar refractivity (Wildman–Crippen MR) is 83.9 cm³/mol. The van der Waals surface area contributed by atoms with Crippen LogP contribution in [0.2, 0.25) is 0 Å². The molecule has 1 aromatic carbocycles. The Morgan fingerprint density at radius 3 is 2.70 bits per heavy atom. The molecule has 0 fully saturated rings. The molecule has 0 aliphatic heterocycles. The Balaban J connectivity index is 2.24. The fraction of sp³-hybridized carbons (Fsp3) is 0.471. The highest BCUT2D eigenvalue weighted by Gasteiger charge is 2.15. The van der Waals surface area contributed by atoms with Gasteiger partial charge >= 0.3 is 0 Å². The van der Waals surface area contributed by atoms with Gasteiger partial charge in [0.05, 0.1) is 6.20 Å². The summed E-state index contributed by atoms with van der Waals surface area (Å²) in [6, 6.07) is 6.92. The lowest BCUT2D eigenvalue weighted by atomic mass is 9.94. The van der Waals surface area contributed by atoms with Crippen LogP contribution in [0, 0.1) is 13.8 Å². The van der Waals surface area contributed by atoms with Gasteiger partial charge in [0.15, 0.2) is 0 Å². The van der Waals surface area contributed by atoms with E-state index in [-0.39, 0.29) is 0 Å². The van der Waals surface area contributed by atoms with Crippen LogP contribution < -0.4 is 5.32 Å². The monoisotopic (exact) mass is 271 g/mol. The van der Waals surface area contributed by atoms with E-state index in [2.05, 4.69) is 62.5 Å². The zero-order valence-corrected chi connectivity index (χ0v) is 13.0. The molecule has 0 radical (unpaired) electrons. The number of nitrogens with zero attached hydrogens (tertiary/aromatic N) is 2. The zero-order chi connectivity index (χ0) is 14.5. The smallest absolute Gasteiger partial charge is 0.0522 e. The zero-order valence-electron chi connectivity index (χ0n) is 13.0. The molecular weight excluding hydrogens is 246 g/mol. The number of benzene rings is 1. The van der Waals surface area contributed by atoms with Gasteiger partial charge in [-0.3, -0.25) is 4.68 Å². The van der Waals surface area contributed by atoms with Crippen molar-refractivity contribution in [1.29, 1.82) is 0 Å². The molecule has 0 aliphatic carbocycles. The summed E-state index contributed by atoms with van der Waals surface area (Å²) >= 11 is 0. The SMILES string of the molecule is CCNC(Cc1cnn(CC)c1)c1cccc(C)c1C. The van der Waals surface area contributed by atoms with Crippen molar-refractivity contribution in [1.82, 2.24) is 15.1 Å². The first kappa shape index (κ1) is 14.8. The van der Waals surface area contributed by atoms with Gasteiger partial charge in [-0.15, -0.1) is 0 Å². The van der Waals surface area contributed by atoms with E-state index in [1.54, 1.807) is 0 Å². The number of hydrogen-bond acceptors (Lipinski definition) is 2. The van der Waals surface area contributed by atoms with Crippen LogP contribution in [0.15, 0.2) is 30.6 Å². The average Bonchev–Trinajstić information content (AvgIpc) is 2.89. The second-order valence-electron chi connectivity index (χ2n) is 5.31. The van der Waals surface area contributed by atoms with E-state index in [0.29, 0.717) is 6.04 Å².